The topological polar surface area (TPSA) is 95.1 Å². The number of sulfonamides is 1. The first-order valence-electron chi connectivity index (χ1n) is 5.05. The number of halogens is 2. The fourth-order valence-electron chi connectivity index (χ4n) is 1.41. The molecule has 0 saturated heterocycles. The molecule has 0 saturated carbocycles. The first-order valence-corrected chi connectivity index (χ1v) is 7.32. The maximum Gasteiger partial charge on any atom is 0.279 e. The standard InChI is InChI=1S/C10H9BrFN3O3S/c11-7-1-2-9(8(12)3-7)15-19(17,18)10-6(5-16)4-13-14-10/h1-4,15-16H,5H2,(H,13,14). The highest BCUT2D eigenvalue weighted by Crippen LogP contribution is 2.22. The van der Waals surface area contributed by atoms with Gasteiger partial charge in [0.2, 0.25) is 0 Å². The van der Waals surface area contributed by atoms with Crippen molar-refractivity contribution in [2.24, 2.45) is 0 Å². The normalized spacial score (nSPS) is 11.5. The van der Waals surface area contributed by atoms with Crippen LogP contribution in [0.2, 0.25) is 0 Å². The molecule has 1 heterocycles. The number of aromatic amines is 1. The van der Waals surface area contributed by atoms with Gasteiger partial charge in [0.25, 0.3) is 10.0 Å². The first-order chi connectivity index (χ1) is 8.94. The second-order valence-electron chi connectivity index (χ2n) is 3.61. The average molecular weight is 350 g/mol. The van der Waals surface area contributed by atoms with E-state index >= 15 is 0 Å². The number of aliphatic hydroxyl groups is 1. The van der Waals surface area contributed by atoms with Gasteiger partial charge in [0, 0.05) is 10.0 Å². The van der Waals surface area contributed by atoms with E-state index in [4.69, 9.17) is 5.11 Å². The molecule has 2 rings (SSSR count). The Morgan fingerprint density at radius 3 is 2.84 bits per heavy atom. The van der Waals surface area contributed by atoms with Crippen LogP contribution in [0.25, 0.3) is 0 Å². The summed E-state index contributed by atoms with van der Waals surface area (Å²) < 4.78 is 40.2. The molecule has 1 aromatic carbocycles. The molecule has 19 heavy (non-hydrogen) atoms. The van der Waals surface area contributed by atoms with Gasteiger partial charge in [-0.15, -0.1) is 0 Å². The molecule has 9 heteroatoms. The summed E-state index contributed by atoms with van der Waals surface area (Å²) in [6.45, 7) is -0.491. The van der Waals surface area contributed by atoms with Crippen molar-refractivity contribution in [1.82, 2.24) is 10.2 Å². The molecule has 2 aromatic rings. The smallest absolute Gasteiger partial charge is 0.279 e. The van der Waals surface area contributed by atoms with Crippen LogP contribution < -0.4 is 4.72 Å². The highest BCUT2D eigenvalue weighted by atomic mass is 79.9. The van der Waals surface area contributed by atoms with Crippen LogP contribution in [0.3, 0.4) is 0 Å². The van der Waals surface area contributed by atoms with E-state index in [0.717, 1.165) is 6.07 Å². The van der Waals surface area contributed by atoms with Gasteiger partial charge in [-0.25, -0.2) is 4.39 Å². The summed E-state index contributed by atoms with van der Waals surface area (Å²) >= 11 is 3.07. The maximum atomic E-state index is 13.6. The minimum atomic E-state index is -4.03. The largest absolute Gasteiger partial charge is 0.392 e. The lowest BCUT2D eigenvalue weighted by atomic mass is 10.3. The van der Waals surface area contributed by atoms with Gasteiger partial charge in [0.05, 0.1) is 18.5 Å². The fourth-order valence-corrected chi connectivity index (χ4v) is 2.94. The number of aliphatic hydroxyl groups excluding tert-OH is 1. The summed E-state index contributed by atoms with van der Waals surface area (Å²) in [7, 11) is -4.03. The van der Waals surface area contributed by atoms with E-state index in [0.29, 0.717) is 4.47 Å². The van der Waals surface area contributed by atoms with Crippen LogP contribution in [-0.4, -0.2) is 23.7 Å². The highest BCUT2D eigenvalue weighted by Gasteiger charge is 2.21. The molecule has 0 amide bonds. The Labute approximate surface area is 116 Å². The zero-order chi connectivity index (χ0) is 14.0. The van der Waals surface area contributed by atoms with Gasteiger partial charge in [0.1, 0.15) is 5.82 Å². The van der Waals surface area contributed by atoms with Gasteiger partial charge in [-0.1, -0.05) is 15.9 Å². The molecule has 6 nitrogen and oxygen atoms in total. The Balaban J connectivity index is 2.37. The SMILES string of the molecule is O=S(=O)(Nc1ccc(Br)cc1F)c1[nH]ncc1CO. The second-order valence-corrected chi connectivity index (χ2v) is 6.15. The van der Waals surface area contributed by atoms with Gasteiger partial charge in [-0.05, 0) is 18.2 Å². The lowest BCUT2D eigenvalue weighted by Crippen LogP contribution is -2.16. The third-order valence-corrected chi connectivity index (χ3v) is 4.17. The van der Waals surface area contributed by atoms with Crippen molar-refractivity contribution < 1.29 is 17.9 Å². The Morgan fingerprint density at radius 2 is 2.21 bits per heavy atom. The predicted molar refractivity (Wildman–Crippen MR) is 69.4 cm³/mol. The van der Waals surface area contributed by atoms with Gasteiger partial charge in [-0.2, -0.15) is 13.5 Å². The molecular weight excluding hydrogens is 341 g/mol. The Bertz CT molecular complexity index is 702. The van der Waals surface area contributed by atoms with Crippen LogP contribution in [0.5, 0.6) is 0 Å². The van der Waals surface area contributed by atoms with Crippen LogP contribution in [0.4, 0.5) is 10.1 Å². The zero-order valence-corrected chi connectivity index (χ0v) is 11.8. The van der Waals surface area contributed by atoms with Crippen molar-refractivity contribution in [1.29, 1.82) is 0 Å². The van der Waals surface area contributed by atoms with Crippen LogP contribution in [0.15, 0.2) is 33.9 Å². The average Bonchev–Trinajstić information content (AvgIpc) is 2.82. The van der Waals surface area contributed by atoms with Crippen molar-refractivity contribution in [3.63, 3.8) is 0 Å². The number of nitrogens with zero attached hydrogens (tertiary/aromatic N) is 1. The predicted octanol–water partition coefficient (Wildman–Crippen LogP) is 1.60. The van der Waals surface area contributed by atoms with Gasteiger partial charge in [-0.3, -0.25) is 9.82 Å². The lowest BCUT2D eigenvalue weighted by Gasteiger charge is -2.08. The van der Waals surface area contributed by atoms with Crippen molar-refractivity contribution in [3.8, 4) is 0 Å². The van der Waals surface area contributed by atoms with E-state index < -0.39 is 22.4 Å². The number of hydrogen-bond acceptors (Lipinski definition) is 4. The molecule has 0 unspecified atom stereocenters. The van der Waals surface area contributed by atoms with Crippen LogP contribution >= 0.6 is 15.9 Å². The van der Waals surface area contributed by atoms with Crippen LogP contribution in [-0.2, 0) is 16.6 Å². The first kappa shape index (κ1) is 14.0. The number of nitrogens with one attached hydrogen (secondary N) is 2. The second kappa shape index (κ2) is 5.27. The molecule has 0 bridgehead atoms. The fraction of sp³-hybridized carbons (Fsp3) is 0.100. The Kier molecular flexibility index (Phi) is 3.88. The van der Waals surface area contributed by atoms with E-state index in [2.05, 4.69) is 30.8 Å². The third-order valence-electron chi connectivity index (χ3n) is 2.29. The van der Waals surface area contributed by atoms with E-state index in [9.17, 15) is 12.8 Å². The highest BCUT2D eigenvalue weighted by molar-refractivity contribution is 9.10. The summed E-state index contributed by atoms with van der Waals surface area (Å²) in [5.74, 6) is -0.719. The Morgan fingerprint density at radius 1 is 1.47 bits per heavy atom. The minimum Gasteiger partial charge on any atom is -0.392 e. The van der Waals surface area contributed by atoms with Crippen molar-refractivity contribution in [2.75, 3.05) is 4.72 Å². The molecule has 0 spiro atoms. The summed E-state index contributed by atoms with van der Waals surface area (Å²) in [4.78, 5) is 0. The third kappa shape index (κ3) is 2.94. The molecular formula is C10H9BrFN3O3S. The summed E-state index contributed by atoms with van der Waals surface area (Å²) in [5, 5.41) is 14.5. The molecule has 0 aliphatic rings. The number of rotatable bonds is 4. The Hall–Kier alpha value is -1.45. The summed E-state index contributed by atoms with van der Waals surface area (Å²) in [6, 6.07) is 3.92. The molecule has 3 N–H and O–H groups in total. The number of hydrogen-bond donors (Lipinski definition) is 3. The van der Waals surface area contributed by atoms with Gasteiger partial charge < -0.3 is 5.11 Å². The molecule has 0 atom stereocenters. The van der Waals surface area contributed by atoms with E-state index in [1.54, 1.807) is 0 Å². The van der Waals surface area contributed by atoms with E-state index in [1.165, 1.54) is 18.3 Å². The quantitative estimate of drug-likeness (QED) is 0.781. The molecule has 102 valence electrons. The molecule has 0 fully saturated rings. The van der Waals surface area contributed by atoms with Crippen LogP contribution in [0, 0.1) is 5.82 Å². The van der Waals surface area contributed by atoms with Crippen molar-refractivity contribution >= 4 is 31.6 Å². The molecule has 0 aliphatic heterocycles. The molecule has 0 radical (unpaired) electrons. The monoisotopic (exact) mass is 349 g/mol. The summed E-state index contributed by atoms with van der Waals surface area (Å²) in [5.41, 5.74) is -0.0910. The minimum absolute atomic E-state index is 0.102. The van der Waals surface area contributed by atoms with Crippen molar-refractivity contribution in [3.05, 3.63) is 40.2 Å². The zero-order valence-electron chi connectivity index (χ0n) is 9.39. The molecule has 0 aliphatic carbocycles. The number of benzene rings is 1. The van der Waals surface area contributed by atoms with E-state index in [1.807, 2.05) is 0 Å². The van der Waals surface area contributed by atoms with Gasteiger partial charge >= 0.3 is 0 Å². The van der Waals surface area contributed by atoms with Crippen LogP contribution in [0.1, 0.15) is 5.56 Å². The number of anilines is 1. The number of H-pyrrole nitrogens is 1. The maximum absolute atomic E-state index is 13.6. The lowest BCUT2D eigenvalue weighted by molar-refractivity contribution is 0.278. The van der Waals surface area contributed by atoms with E-state index in [-0.39, 0.29) is 16.3 Å². The summed E-state index contributed by atoms with van der Waals surface area (Å²) in [6.07, 6.45) is 1.19. The molecule has 1 aromatic heterocycles. The van der Waals surface area contributed by atoms with Gasteiger partial charge in [0.15, 0.2) is 5.03 Å². The van der Waals surface area contributed by atoms with Crippen molar-refractivity contribution in [2.45, 2.75) is 11.6 Å². The number of aromatic nitrogens is 2.